The van der Waals surface area contributed by atoms with Crippen molar-refractivity contribution in [1.29, 1.82) is 10.5 Å². The molecule has 1 aliphatic carbocycles. The van der Waals surface area contributed by atoms with Crippen molar-refractivity contribution in [3.63, 3.8) is 0 Å². The second-order valence-corrected chi connectivity index (χ2v) is 14.5. The molecule has 0 amide bonds. The fraction of sp³-hybridized carbons (Fsp3) is 0.0588. The zero-order valence-corrected chi connectivity index (χ0v) is 30.2. The lowest BCUT2D eigenvalue weighted by atomic mass is 9.75. The normalized spacial score (nSPS) is 16.6. The van der Waals surface area contributed by atoms with E-state index < -0.39 is 5.54 Å². The molecule has 1 aromatic heterocycles. The van der Waals surface area contributed by atoms with E-state index in [0.717, 1.165) is 44.8 Å². The summed E-state index contributed by atoms with van der Waals surface area (Å²) in [6.45, 7) is 2.38. The Morgan fingerprint density at radius 3 is 1.84 bits per heavy atom. The first kappa shape index (κ1) is 32.3. The van der Waals surface area contributed by atoms with Crippen LogP contribution in [-0.2, 0) is 0 Å². The minimum absolute atomic E-state index is 0.0213. The third-order valence-electron chi connectivity index (χ3n) is 11.5. The maximum Gasteiger partial charge on any atom is 0.101 e. The van der Waals surface area contributed by atoms with Gasteiger partial charge in [-0.3, -0.25) is 0 Å². The SMILES string of the molecule is CC12C=Cc3c(n(-c4ccccc4)c4ccccc34)C1c1ccccc1N2c1cc(-c2ccccc2)c(-c2ccc(C#N)c(C#N)c2)c(-c2ccccc2)c1. The van der Waals surface area contributed by atoms with Crippen molar-refractivity contribution in [2.24, 2.45) is 0 Å². The van der Waals surface area contributed by atoms with Crippen molar-refractivity contribution in [1.82, 2.24) is 4.57 Å². The molecule has 0 saturated heterocycles. The van der Waals surface area contributed by atoms with Crippen molar-refractivity contribution < 1.29 is 0 Å². The van der Waals surface area contributed by atoms with Gasteiger partial charge in [0.25, 0.3) is 0 Å². The summed E-state index contributed by atoms with van der Waals surface area (Å²) in [6.07, 6.45) is 4.76. The molecule has 0 saturated carbocycles. The van der Waals surface area contributed by atoms with Crippen LogP contribution in [0, 0.1) is 22.7 Å². The Hall–Kier alpha value is -7.40. The standard InChI is InChI=1S/C51H34N4/c1-51-28-27-42-41-21-11-13-23-46(41)54(39-19-9-4-10-20-39)50(42)49(51)43-22-12-14-24-47(43)55(51)40-30-44(34-15-5-2-6-16-34)48(45(31-40)35-17-7-3-8-18-35)36-25-26-37(32-52)38(29-36)33-53/h2-31,49H,1H3. The maximum absolute atomic E-state index is 10.1. The van der Waals surface area contributed by atoms with Gasteiger partial charge in [0, 0.05) is 33.7 Å². The van der Waals surface area contributed by atoms with Crippen LogP contribution >= 0.6 is 0 Å². The highest BCUT2D eigenvalue weighted by atomic mass is 15.2. The maximum atomic E-state index is 10.1. The summed E-state index contributed by atoms with van der Waals surface area (Å²) >= 11 is 0. The van der Waals surface area contributed by atoms with Crippen LogP contribution in [0.25, 0.3) is 56.0 Å². The number of nitriles is 2. The molecule has 10 rings (SSSR count). The van der Waals surface area contributed by atoms with Gasteiger partial charge in [-0.05, 0) is 94.4 Å². The first-order valence-electron chi connectivity index (χ1n) is 18.6. The van der Waals surface area contributed by atoms with Crippen molar-refractivity contribution in [2.75, 3.05) is 4.90 Å². The highest BCUT2D eigenvalue weighted by Gasteiger charge is 2.52. The number of hydrogen-bond donors (Lipinski definition) is 0. The van der Waals surface area contributed by atoms with Crippen LogP contribution in [0.3, 0.4) is 0 Å². The fourth-order valence-electron chi connectivity index (χ4n) is 9.15. The van der Waals surface area contributed by atoms with Gasteiger partial charge in [-0.2, -0.15) is 10.5 Å². The van der Waals surface area contributed by atoms with E-state index in [1.165, 1.54) is 33.4 Å². The Kier molecular flexibility index (Phi) is 7.41. The van der Waals surface area contributed by atoms with Gasteiger partial charge in [0.05, 0.1) is 28.1 Å². The molecular formula is C51H34N4. The highest BCUT2D eigenvalue weighted by Crippen LogP contribution is 2.59. The fourth-order valence-corrected chi connectivity index (χ4v) is 9.15. The number of anilines is 2. The molecule has 7 aromatic carbocycles. The topological polar surface area (TPSA) is 55.8 Å². The van der Waals surface area contributed by atoms with Crippen molar-refractivity contribution in [3.8, 4) is 51.2 Å². The Balaban J connectivity index is 1.27. The summed E-state index contributed by atoms with van der Waals surface area (Å²) in [7, 11) is 0. The van der Waals surface area contributed by atoms with E-state index in [1.807, 2.05) is 24.3 Å². The van der Waals surface area contributed by atoms with Crippen LogP contribution < -0.4 is 4.90 Å². The van der Waals surface area contributed by atoms with E-state index in [9.17, 15) is 10.5 Å². The second kappa shape index (κ2) is 12.6. The molecule has 2 aliphatic rings. The van der Waals surface area contributed by atoms with Crippen LogP contribution in [0.2, 0.25) is 0 Å². The third-order valence-corrected chi connectivity index (χ3v) is 11.5. The van der Waals surface area contributed by atoms with Gasteiger partial charge in [-0.1, -0.05) is 133 Å². The van der Waals surface area contributed by atoms with E-state index in [4.69, 9.17) is 0 Å². The van der Waals surface area contributed by atoms with Gasteiger partial charge in [0.1, 0.15) is 12.1 Å². The molecule has 2 unspecified atom stereocenters. The molecule has 4 nitrogen and oxygen atoms in total. The number of fused-ring (bicyclic) bond motifs is 7. The molecule has 258 valence electrons. The lowest BCUT2D eigenvalue weighted by Gasteiger charge is -2.42. The van der Waals surface area contributed by atoms with E-state index >= 15 is 0 Å². The monoisotopic (exact) mass is 702 g/mol. The molecule has 0 fully saturated rings. The van der Waals surface area contributed by atoms with Gasteiger partial charge in [-0.15, -0.1) is 0 Å². The predicted octanol–water partition coefficient (Wildman–Crippen LogP) is 12.4. The average Bonchev–Trinajstić information content (AvgIpc) is 3.72. The number of para-hydroxylation sites is 3. The van der Waals surface area contributed by atoms with Crippen molar-refractivity contribution >= 4 is 28.4 Å². The number of benzene rings is 7. The number of rotatable bonds is 5. The van der Waals surface area contributed by atoms with Crippen LogP contribution in [0.4, 0.5) is 11.4 Å². The van der Waals surface area contributed by atoms with Crippen LogP contribution in [0.1, 0.15) is 40.8 Å². The average molecular weight is 703 g/mol. The minimum atomic E-state index is -0.469. The quantitative estimate of drug-likeness (QED) is 0.179. The van der Waals surface area contributed by atoms with Gasteiger partial charge in [-0.25, -0.2) is 0 Å². The largest absolute Gasteiger partial charge is 0.331 e. The van der Waals surface area contributed by atoms with Crippen molar-refractivity contribution in [3.05, 3.63) is 204 Å². The highest BCUT2D eigenvalue weighted by molar-refractivity contribution is 6.00. The molecule has 1 aliphatic heterocycles. The molecule has 4 heteroatoms. The summed E-state index contributed by atoms with van der Waals surface area (Å²) in [6, 6.07) is 64.1. The Labute approximate surface area is 320 Å². The zero-order chi connectivity index (χ0) is 37.1. The number of hydrogen-bond acceptors (Lipinski definition) is 3. The molecule has 0 N–H and O–H groups in total. The van der Waals surface area contributed by atoms with Crippen LogP contribution in [0.5, 0.6) is 0 Å². The molecule has 2 heterocycles. The predicted molar refractivity (Wildman–Crippen MR) is 223 cm³/mol. The summed E-state index contributed by atoms with van der Waals surface area (Å²) < 4.78 is 2.48. The van der Waals surface area contributed by atoms with Gasteiger partial charge in [0.2, 0.25) is 0 Å². The molecule has 8 aromatic rings. The van der Waals surface area contributed by atoms with Gasteiger partial charge < -0.3 is 9.47 Å². The number of aromatic nitrogens is 1. The molecule has 2 atom stereocenters. The zero-order valence-electron chi connectivity index (χ0n) is 30.2. The lowest BCUT2D eigenvalue weighted by molar-refractivity contribution is 0.519. The first-order chi connectivity index (χ1) is 27.1. The minimum Gasteiger partial charge on any atom is -0.331 e. The molecule has 0 spiro atoms. The van der Waals surface area contributed by atoms with Gasteiger partial charge >= 0.3 is 0 Å². The second-order valence-electron chi connectivity index (χ2n) is 14.5. The Bertz CT molecular complexity index is 2850. The molecule has 0 bridgehead atoms. The Morgan fingerprint density at radius 1 is 0.564 bits per heavy atom. The molecule has 0 radical (unpaired) electrons. The Morgan fingerprint density at radius 2 is 1.16 bits per heavy atom. The summed E-state index contributed by atoms with van der Waals surface area (Å²) in [5.41, 5.74) is 14.8. The first-order valence-corrected chi connectivity index (χ1v) is 18.6. The van der Waals surface area contributed by atoms with E-state index in [2.05, 4.69) is 180 Å². The number of nitrogens with zero attached hydrogens (tertiary/aromatic N) is 4. The van der Waals surface area contributed by atoms with E-state index in [1.54, 1.807) is 6.07 Å². The van der Waals surface area contributed by atoms with Crippen LogP contribution in [-0.4, -0.2) is 10.1 Å². The van der Waals surface area contributed by atoms with Crippen molar-refractivity contribution in [2.45, 2.75) is 18.4 Å². The van der Waals surface area contributed by atoms with E-state index in [0.29, 0.717) is 11.1 Å². The third kappa shape index (κ3) is 4.90. The lowest BCUT2D eigenvalue weighted by Crippen LogP contribution is -2.44. The molecule has 55 heavy (non-hydrogen) atoms. The summed E-state index contributed by atoms with van der Waals surface area (Å²) in [4.78, 5) is 2.54. The molecular weight excluding hydrogens is 669 g/mol. The summed E-state index contributed by atoms with van der Waals surface area (Å²) in [5.74, 6) is 0.0213. The smallest absolute Gasteiger partial charge is 0.101 e. The van der Waals surface area contributed by atoms with E-state index in [-0.39, 0.29) is 5.92 Å². The van der Waals surface area contributed by atoms with Gasteiger partial charge in [0.15, 0.2) is 0 Å². The summed E-state index contributed by atoms with van der Waals surface area (Å²) in [5, 5.41) is 21.2. The van der Waals surface area contributed by atoms with Crippen LogP contribution in [0.15, 0.2) is 176 Å².